The van der Waals surface area contributed by atoms with Crippen molar-refractivity contribution in [2.75, 3.05) is 5.32 Å². The van der Waals surface area contributed by atoms with Gasteiger partial charge < -0.3 is 5.32 Å². The minimum absolute atomic E-state index is 0.00449. The largest absolute Gasteiger partial charge is 0.325 e. The van der Waals surface area contributed by atoms with Crippen LogP contribution in [0.15, 0.2) is 53.6 Å². The van der Waals surface area contributed by atoms with Crippen LogP contribution in [0.3, 0.4) is 0 Å². The van der Waals surface area contributed by atoms with Gasteiger partial charge in [0.25, 0.3) is 0 Å². The van der Waals surface area contributed by atoms with Crippen molar-refractivity contribution in [3.8, 4) is 0 Å². The maximum absolute atomic E-state index is 12.5. The predicted molar refractivity (Wildman–Crippen MR) is 112 cm³/mol. The van der Waals surface area contributed by atoms with Crippen molar-refractivity contribution in [3.05, 3.63) is 65.2 Å². The molecule has 27 heavy (non-hydrogen) atoms. The molecule has 0 aliphatic carbocycles. The highest BCUT2D eigenvalue weighted by Gasteiger charge is 2.17. The van der Waals surface area contributed by atoms with Gasteiger partial charge in [-0.2, -0.15) is 0 Å². The summed E-state index contributed by atoms with van der Waals surface area (Å²) in [4.78, 5) is 28.6. The number of aryl methyl sites for hydroxylation is 2. The summed E-state index contributed by atoms with van der Waals surface area (Å²) in [6, 6.07) is 15.2. The Kier molecular flexibility index (Phi) is 5.61. The topological polar surface area (TPSA) is 59.1 Å². The smallest absolute Gasteiger partial charge is 0.237 e. The number of benzene rings is 2. The Morgan fingerprint density at radius 1 is 1.04 bits per heavy atom. The molecule has 0 aliphatic heterocycles. The SMILES string of the molecule is CC(=O)c1ccc(NC(=O)[C@@H](C)Sc2nc3ccc(C)cc3cc2C)cc1. The third-order valence-corrected chi connectivity index (χ3v) is 5.54. The van der Waals surface area contributed by atoms with Gasteiger partial charge in [0.1, 0.15) is 5.03 Å². The third kappa shape index (κ3) is 4.55. The van der Waals surface area contributed by atoms with Gasteiger partial charge in [0.2, 0.25) is 5.91 Å². The van der Waals surface area contributed by atoms with Crippen LogP contribution >= 0.6 is 11.8 Å². The lowest BCUT2D eigenvalue weighted by atomic mass is 10.1. The average molecular weight is 378 g/mol. The van der Waals surface area contributed by atoms with E-state index in [0.29, 0.717) is 11.3 Å². The van der Waals surface area contributed by atoms with Gasteiger partial charge in [-0.3, -0.25) is 9.59 Å². The highest BCUT2D eigenvalue weighted by molar-refractivity contribution is 8.00. The molecule has 0 aliphatic rings. The van der Waals surface area contributed by atoms with Gasteiger partial charge in [0, 0.05) is 16.6 Å². The Bertz CT molecular complexity index is 1010. The minimum Gasteiger partial charge on any atom is -0.325 e. The fourth-order valence-electron chi connectivity index (χ4n) is 2.76. The highest BCUT2D eigenvalue weighted by Crippen LogP contribution is 2.28. The number of rotatable bonds is 5. The summed E-state index contributed by atoms with van der Waals surface area (Å²) in [5.74, 6) is -0.0920. The lowest BCUT2D eigenvalue weighted by Gasteiger charge is -2.14. The molecule has 0 saturated heterocycles. The van der Waals surface area contributed by atoms with Gasteiger partial charge in [0.05, 0.1) is 10.8 Å². The number of carbonyl (C=O) groups excluding carboxylic acids is 2. The monoisotopic (exact) mass is 378 g/mol. The van der Waals surface area contributed by atoms with Crippen molar-refractivity contribution in [1.29, 1.82) is 0 Å². The Morgan fingerprint density at radius 3 is 2.41 bits per heavy atom. The van der Waals surface area contributed by atoms with Gasteiger partial charge in [-0.15, -0.1) is 0 Å². The molecule has 1 N–H and O–H groups in total. The molecule has 138 valence electrons. The van der Waals surface area contributed by atoms with Gasteiger partial charge in [0.15, 0.2) is 5.78 Å². The molecule has 1 amide bonds. The molecule has 1 atom stereocenters. The molecule has 0 saturated carbocycles. The first-order chi connectivity index (χ1) is 12.8. The van der Waals surface area contributed by atoms with Crippen molar-refractivity contribution < 1.29 is 9.59 Å². The molecule has 2 aromatic carbocycles. The Hall–Kier alpha value is -2.66. The van der Waals surface area contributed by atoms with Crippen LogP contribution in [-0.4, -0.2) is 21.9 Å². The molecular weight excluding hydrogens is 356 g/mol. The number of ketones is 1. The fourth-order valence-corrected chi connectivity index (χ4v) is 3.65. The van der Waals surface area contributed by atoms with Crippen molar-refractivity contribution in [2.45, 2.75) is 38.0 Å². The van der Waals surface area contributed by atoms with Crippen LogP contribution < -0.4 is 5.32 Å². The number of fused-ring (bicyclic) bond motifs is 1. The van der Waals surface area contributed by atoms with E-state index in [9.17, 15) is 9.59 Å². The maximum atomic E-state index is 12.5. The number of hydrogen-bond donors (Lipinski definition) is 1. The molecule has 5 heteroatoms. The zero-order valence-corrected chi connectivity index (χ0v) is 16.7. The van der Waals surface area contributed by atoms with Crippen LogP contribution in [0.5, 0.6) is 0 Å². The van der Waals surface area contributed by atoms with Crippen LogP contribution in [0.1, 0.15) is 35.3 Å². The lowest BCUT2D eigenvalue weighted by Crippen LogP contribution is -2.22. The summed E-state index contributed by atoms with van der Waals surface area (Å²) < 4.78 is 0. The Morgan fingerprint density at radius 2 is 1.74 bits per heavy atom. The van der Waals surface area contributed by atoms with E-state index in [1.165, 1.54) is 24.2 Å². The number of amides is 1. The number of hydrogen-bond acceptors (Lipinski definition) is 4. The molecule has 0 spiro atoms. The third-order valence-electron chi connectivity index (χ3n) is 4.33. The van der Waals surface area contributed by atoms with E-state index in [0.717, 1.165) is 21.5 Å². The zero-order chi connectivity index (χ0) is 19.6. The fraction of sp³-hybridized carbons (Fsp3) is 0.227. The van der Waals surface area contributed by atoms with Crippen molar-refractivity contribution in [2.24, 2.45) is 0 Å². The van der Waals surface area contributed by atoms with Crippen molar-refractivity contribution in [3.63, 3.8) is 0 Å². The van der Waals surface area contributed by atoms with E-state index < -0.39 is 0 Å². The zero-order valence-electron chi connectivity index (χ0n) is 15.9. The number of thioether (sulfide) groups is 1. The van der Waals surface area contributed by atoms with E-state index in [-0.39, 0.29) is 16.9 Å². The van der Waals surface area contributed by atoms with Crippen molar-refractivity contribution >= 4 is 40.0 Å². The number of aromatic nitrogens is 1. The summed E-state index contributed by atoms with van der Waals surface area (Å²) in [6.45, 7) is 7.46. The Labute approximate surface area is 163 Å². The van der Waals surface area contributed by atoms with E-state index >= 15 is 0 Å². The first-order valence-electron chi connectivity index (χ1n) is 8.80. The van der Waals surface area contributed by atoms with E-state index in [1.54, 1.807) is 24.3 Å². The summed E-state index contributed by atoms with van der Waals surface area (Å²) in [5.41, 5.74) is 4.50. The molecule has 0 fully saturated rings. The van der Waals surface area contributed by atoms with Crippen LogP contribution in [-0.2, 0) is 4.79 Å². The number of anilines is 1. The highest BCUT2D eigenvalue weighted by atomic mass is 32.2. The number of nitrogens with zero attached hydrogens (tertiary/aromatic N) is 1. The van der Waals surface area contributed by atoms with Crippen molar-refractivity contribution in [1.82, 2.24) is 4.98 Å². The second kappa shape index (κ2) is 7.92. The van der Waals surface area contributed by atoms with Gasteiger partial charge in [-0.25, -0.2) is 4.98 Å². The molecule has 4 nitrogen and oxygen atoms in total. The molecule has 1 heterocycles. The molecule has 0 unspecified atom stereocenters. The van der Waals surface area contributed by atoms with Gasteiger partial charge in [-0.1, -0.05) is 23.4 Å². The number of pyridine rings is 1. The Balaban J connectivity index is 1.72. The average Bonchev–Trinajstić information content (AvgIpc) is 2.62. The first-order valence-corrected chi connectivity index (χ1v) is 9.68. The molecule has 3 rings (SSSR count). The minimum atomic E-state index is -0.299. The first kappa shape index (κ1) is 19.1. The van der Waals surface area contributed by atoms with Crippen LogP contribution in [0.4, 0.5) is 5.69 Å². The summed E-state index contributed by atoms with van der Waals surface area (Å²) in [5, 5.41) is 4.57. The summed E-state index contributed by atoms with van der Waals surface area (Å²) >= 11 is 1.45. The van der Waals surface area contributed by atoms with E-state index in [4.69, 9.17) is 4.98 Å². The number of carbonyl (C=O) groups is 2. The second-order valence-corrected chi connectivity index (χ2v) is 8.02. The number of nitrogens with one attached hydrogen (secondary N) is 1. The van der Waals surface area contributed by atoms with Gasteiger partial charge in [-0.05, 0) is 75.7 Å². The normalized spacial score (nSPS) is 12.0. The molecule has 0 bridgehead atoms. The summed E-state index contributed by atoms with van der Waals surface area (Å²) in [7, 11) is 0. The van der Waals surface area contributed by atoms with E-state index in [2.05, 4.69) is 24.4 Å². The van der Waals surface area contributed by atoms with Crippen LogP contribution in [0.25, 0.3) is 10.9 Å². The quantitative estimate of drug-likeness (QED) is 0.491. The number of Topliss-reactive ketones (excluding diaryl/α,β-unsaturated/α-hetero) is 1. The molecular formula is C22H22N2O2S. The molecule has 0 radical (unpaired) electrons. The van der Waals surface area contributed by atoms with E-state index in [1.807, 2.05) is 26.0 Å². The predicted octanol–water partition coefficient (Wildman–Crippen LogP) is 5.17. The maximum Gasteiger partial charge on any atom is 0.237 e. The van der Waals surface area contributed by atoms with Gasteiger partial charge >= 0.3 is 0 Å². The van der Waals surface area contributed by atoms with Crippen LogP contribution in [0.2, 0.25) is 0 Å². The van der Waals surface area contributed by atoms with Crippen LogP contribution in [0, 0.1) is 13.8 Å². The standard InChI is InChI=1S/C22H22N2O2S/c1-13-5-10-20-18(11-13)12-14(2)22(24-20)27-16(4)21(26)23-19-8-6-17(7-9-19)15(3)25/h5-12,16H,1-4H3,(H,23,26)/t16-/m1/s1. The second-order valence-electron chi connectivity index (χ2n) is 6.69. The molecule has 1 aromatic heterocycles. The molecule has 3 aromatic rings. The lowest BCUT2D eigenvalue weighted by molar-refractivity contribution is -0.115. The summed E-state index contributed by atoms with van der Waals surface area (Å²) in [6.07, 6.45) is 0.